The highest BCUT2D eigenvalue weighted by Crippen LogP contribution is 2.23. The van der Waals surface area contributed by atoms with Crippen LogP contribution in [0.15, 0.2) is 46.3 Å². The number of carbonyl (C=O) groups is 1. The number of carbonyl (C=O) groups excluding carboxylic acids is 1. The highest BCUT2D eigenvalue weighted by atomic mass is 79.9. The summed E-state index contributed by atoms with van der Waals surface area (Å²) in [5, 5.41) is 9.15. The molecule has 0 aliphatic heterocycles. The second-order valence-electron chi connectivity index (χ2n) is 4.32. The highest BCUT2D eigenvalue weighted by Gasteiger charge is 2.12. The molecule has 0 radical (unpaired) electrons. The minimum absolute atomic E-state index is 0.0770. The van der Waals surface area contributed by atoms with E-state index in [2.05, 4.69) is 15.9 Å². The van der Waals surface area contributed by atoms with Gasteiger partial charge in [0.15, 0.2) is 5.78 Å². The lowest BCUT2D eigenvalue weighted by Crippen LogP contribution is -2.29. The Morgan fingerprint density at radius 3 is 2.50 bits per heavy atom. The van der Waals surface area contributed by atoms with E-state index in [1.807, 2.05) is 47.4 Å². The molecule has 5 heteroatoms. The average molecular weight is 354 g/mol. The van der Waals surface area contributed by atoms with E-state index in [4.69, 9.17) is 5.11 Å². The van der Waals surface area contributed by atoms with Gasteiger partial charge in [-0.15, -0.1) is 11.3 Å². The number of Topliss-reactive ketones (excluding diaryl/α,β-unsaturated/α-hetero) is 1. The van der Waals surface area contributed by atoms with Gasteiger partial charge in [0.2, 0.25) is 0 Å². The number of aliphatic hydroxyl groups excluding tert-OH is 1. The van der Waals surface area contributed by atoms with E-state index in [1.54, 1.807) is 0 Å². The normalized spacial score (nSPS) is 10.5. The zero-order valence-corrected chi connectivity index (χ0v) is 13.4. The molecule has 0 unspecified atom stereocenters. The van der Waals surface area contributed by atoms with Gasteiger partial charge in [0.25, 0.3) is 0 Å². The van der Waals surface area contributed by atoms with Gasteiger partial charge in [-0.1, -0.05) is 18.2 Å². The third-order valence-electron chi connectivity index (χ3n) is 2.95. The second kappa shape index (κ2) is 7.57. The molecule has 0 aliphatic rings. The maximum Gasteiger partial charge on any atom is 0.174 e. The van der Waals surface area contributed by atoms with Crippen LogP contribution in [0.4, 0.5) is 5.69 Å². The van der Waals surface area contributed by atoms with Gasteiger partial charge in [-0.25, -0.2) is 0 Å². The molecule has 0 aliphatic carbocycles. The number of ketones is 1. The number of hydrogen-bond acceptors (Lipinski definition) is 4. The first-order valence-corrected chi connectivity index (χ1v) is 8.01. The molecule has 106 valence electrons. The molecule has 0 atom stereocenters. The first-order chi connectivity index (χ1) is 9.70. The van der Waals surface area contributed by atoms with Crippen LogP contribution in [0.1, 0.15) is 16.1 Å². The Hall–Kier alpha value is -1.17. The molecule has 0 spiro atoms. The van der Waals surface area contributed by atoms with Crippen LogP contribution < -0.4 is 4.90 Å². The second-order valence-corrected chi connectivity index (χ2v) is 6.79. The van der Waals surface area contributed by atoms with Gasteiger partial charge in [0, 0.05) is 25.2 Å². The minimum atomic E-state index is 0.0770. The van der Waals surface area contributed by atoms with Crippen molar-refractivity contribution >= 4 is 38.7 Å². The number of anilines is 1. The van der Waals surface area contributed by atoms with Gasteiger partial charge < -0.3 is 10.0 Å². The summed E-state index contributed by atoms with van der Waals surface area (Å²) in [6, 6.07) is 13.6. The van der Waals surface area contributed by atoms with Crippen LogP contribution in [0.2, 0.25) is 0 Å². The summed E-state index contributed by atoms with van der Waals surface area (Å²) in [5.41, 5.74) is 1.03. The van der Waals surface area contributed by atoms with E-state index in [9.17, 15) is 4.79 Å². The van der Waals surface area contributed by atoms with Crippen molar-refractivity contribution in [3.8, 4) is 0 Å². The van der Waals surface area contributed by atoms with Crippen molar-refractivity contribution in [3.63, 3.8) is 0 Å². The van der Waals surface area contributed by atoms with Gasteiger partial charge >= 0.3 is 0 Å². The Kier molecular flexibility index (Phi) is 5.76. The molecule has 20 heavy (non-hydrogen) atoms. The lowest BCUT2D eigenvalue weighted by Gasteiger charge is -2.23. The highest BCUT2D eigenvalue weighted by molar-refractivity contribution is 9.11. The van der Waals surface area contributed by atoms with Crippen molar-refractivity contribution in [2.45, 2.75) is 6.42 Å². The first-order valence-electron chi connectivity index (χ1n) is 6.40. The Labute approximate surface area is 131 Å². The first kappa shape index (κ1) is 15.2. The standard InChI is InChI=1S/C15H16BrNO2S/c16-15-7-6-14(20-15)13(19)8-9-17(10-11-18)12-4-2-1-3-5-12/h1-7,18H,8-11H2. The van der Waals surface area contributed by atoms with Crippen LogP contribution in [0, 0.1) is 0 Å². The Bertz CT molecular complexity index is 556. The van der Waals surface area contributed by atoms with E-state index in [1.165, 1.54) is 11.3 Å². The smallest absolute Gasteiger partial charge is 0.174 e. The summed E-state index contributed by atoms with van der Waals surface area (Å²) in [5.74, 6) is 0.138. The number of nitrogens with zero attached hydrogens (tertiary/aromatic N) is 1. The van der Waals surface area contributed by atoms with E-state index in [0.29, 0.717) is 19.5 Å². The van der Waals surface area contributed by atoms with Crippen molar-refractivity contribution in [1.82, 2.24) is 0 Å². The number of halogens is 1. The number of hydrogen-bond donors (Lipinski definition) is 1. The van der Waals surface area contributed by atoms with Crippen LogP contribution in [0.3, 0.4) is 0 Å². The summed E-state index contributed by atoms with van der Waals surface area (Å²) in [6.07, 6.45) is 0.446. The van der Waals surface area contributed by atoms with E-state index >= 15 is 0 Å². The molecule has 1 heterocycles. The van der Waals surface area contributed by atoms with Gasteiger partial charge in [-0.2, -0.15) is 0 Å². The van der Waals surface area contributed by atoms with Crippen molar-refractivity contribution in [3.05, 3.63) is 51.1 Å². The van der Waals surface area contributed by atoms with Crippen LogP contribution in [0.5, 0.6) is 0 Å². The molecule has 3 nitrogen and oxygen atoms in total. The number of rotatable bonds is 7. The summed E-state index contributed by atoms with van der Waals surface area (Å²) >= 11 is 4.82. The van der Waals surface area contributed by atoms with Crippen LogP contribution in [-0.4, -0.2) is 30.6 Å². The fraction of sp³-hybridized carbons (Fsp3) is 0.267. The molecule has 0 amide bonds. The van der Waals surface area contributed by atoms with Gasteiger partial charge in [0.05, 0.1) is 15.3 Å². The molecule has 0 fully saturated rings. The monoisotopic (exact) mass is 353 g/mol. The predicted molar refractivity (Wildman–Crippen MR) is 86.7 cm³/mol. The molecule has 2 rings (SSSR count). The average Bonchev–Trinajstić information content (AvgIpc) is 2.91. The van der Waals surface area contributed by atoms with E-state index < -0.39 is 0 Å². The largest absolute Gasteiger partial charge is 0.395 e. The maximum atomic E-state index is 12.1. The van der Waals surface area contributed by atoms with E-state index in [0.717, 1.165) is 14.4 Å². The molecule has 1 aromatic carbocycles. The SMILES string of the molecule is O=C(CCN(CCO)c1ccccc1)c1ccc(Br)s1. The number of benzene rings is 1. The molecule has 0 bridgehead atoms. The van der Waals surface area contributed by atoms with Crippen LogP contribution in [0.25, 0.3) is 0 Å². The van der Waals surface area contributed by atoms with Crippen LogP contribution >= 0.6 is 27.3 Å². The van der Waals surface area contributed by atoms with Crippen molar-refractivity contribution in [2.24, 2.45) is 0 Å². The summed E-state index contributed by atoms with van der Waals surface area (Å²) < 4.78 is 0.969. The zero-order valence-electron chi connectivity index (χ0n) is 11.0. The molecule has 2 aromatic rings. The zero-order chi connectivity index (χ0) is 14.4. The number of para-hydroxylation sites is 1. The summed E-state index contributed by atoms with van der Waals surface area (Å²) in [4.78, 5) is 14.9. The number of aliphatic hydroxyl groups is 1. The van der Waals surface area contributed by atoms with Crippen molar-refractivity contribution in [1.29, 1.82) is 0 Å². The molecule has 1 N–H and O–H groups in total. The van der Waals surface area contributed by atoms with Crippen molar-refractivity contribution in [2.75, 3.05) is 24.6 Å². The fourth-order valence-corrected chi connectivity index (χ4v) is 3.31. The Morgan fingerprint density at radius 2 is 1.90 bits per heavy atom. The third-order valence-corrected chi connectivity index (χ3v) is 4.61. The molecule has 0 saturated heterocycles. The Morgan fingerprint density at radius 1 is 1.15 bits per heavy atom. The number of thiophene rings is 1. The molecule has 0 saturated carbocycles. The summed E-state index contributed by atoms with van der Waals surface area (Å²) in [6.45, 7) is 1.22. The lowest BCUT2D eigenvalue weighted by atomic mass is 10.2. The minimum Gasteiger partial charge on any atom is -0.395 e. The summed E-state index contributed by atoms with van der Waals surface area (Å²) in [7, 11) is 0. The van der Waals surface area contributed by atoms with Crippen molar-refractivity contribution < 1.29 is 9.90 Å². The maximum absolute atomic E-state index is 12.1. The van der Waals surface area contributed by atoms with Crippen LogP contribution in [-0.2, 0) is 0 Å². The molecular formula is C15H16BrNO2S. The topological polar surface area (TPSA) is 40.5 Å². The molecule has 1 aromatic heterocycles. The molecular weight excluding hydrogens is 338 g/mol. The van der Waals surface area contributed by atoms with E-state index in [-0.39, 0.29) is 12.4 Å². The Balaban J connectivity index is 1.97. The fourth-order valence-electron chi connectivity index (χ4n) is 1.95. The van der Waals surface area contributed by atoms with Gasteiger partial charge in [-0.3, -0.25) is 4.79 Å². The van der Waals surface area contributed by atoms with Gasteiger partial charge in [0.1, 0.15) is 0 Å². The quantitative estimate of drug-likeness (QED) is 0.773. The van der Waals surface area contributed by atoms with Gasteiger partial charge in [-0.05, 0) is 40.2 Å². The third kappa shape index (κ3) is 4.16. The lowest BCUT2D eigenvalue weighted by molar-refractivity contribution is 0.0988. The predicted octanol–water partition coefficient (Wildman–Crippen LogP) is 3.58.